The summed E-state index contributed by atoms with van der Waals surface area (Å²) >= 11 is 0. The van der Waals surface area contributed by atoms with Crippen molar-refractivity contribution in [1.29, 1.82) is 0 Å². The van der Waals surface area contributed by atoms with Gasteiger partial charge in [-0.15, -0.1) is 4.76 Å². The van der Waals surface area contributed by atoms with Crippen LogP contribution in [0.3, 0.4) is 0 Å². The minimum atomic E-state index is -3.00. The Balaban J connectivity index is 4.83. The highest BCUT2D eigenvalue weighted by Gasteiger charge is 2.26. The van der Waals surface area contributed by atoms with Gasteiger partial charge in [-0.25, -0.2) is 14.1 Å². The molecule has 0 saturated heterocycles. The summed E-state index contributed by atoms with van der Waals surface area (Å²) in [6.07, 6.45) is 1.30. The van der Waals surface area contributed by atoms with E-state index in [0.29, 0.717) is 0 Å². The van der Waals surface area contributed by atoms with Crippen LogP contribution in [0, 0.1) is 0 Å². The van der Waals surface area contributed by atoms with Crippen LogP contribution in [0.5, 0.6) is 0 Å². The molecular weight excluding hydrogens is 165 g/mol. The van der Waals surface area contributed by atoms with Gasteiger partial charge in [0.25, 0.3) is 0 Å². The summed E-state index contributed by atoms with van der Waals surface area (Å²) in [5.74, 6) is 0. The fourth-order valence-electron chi connectivity index (χ4n) is 0.590. The van der Waals surface area contributed by atoms with Gasteiger partial charge in [0.2, 0.25) is 6.08 Å². The SMILES string of the molecule is CN(C)P(=O)(N=C=O)N(C)C. The van der Waals surface area contributed by atoms with E-state index in [-0.39, 0.29) is 0 Å². The molecule has 0 heterocycles. The second kappa shape index (κ2) is 3.79. The van der Waals surface area contributed by atoms with Crippen LogP contribution in [0.15, 0.2) is 4.76 Å². The fraction of sp³-hybridized carbons (Fsp3) is 0.800. The van der Waals surface area contributed by atoms with Crippen LogP contribution in [0.1, 0.15) is 0 Å². The van der Waals surface area contributed by atoms with Crippen molar-refractivity contribution in [1.82, 2.24) is 9.34 Å². The van der Waals surface area contributed by atoms with E-state index in [2.05, 4.69) is 4.76 Å². The molecule has 0 saturated carbocycles. The van der Waals surface area contributed by atoms with Gasteiger partial charge in [0.15, 0.2) is 0 Å². The van der Waals surface area contributed by atoms with Crippen LogP contribution in [-0.4, -0.2) is 43.6 Å². The Bertz CT molecular complexity index is 208. The zero-order chi connectivity index (χ0) is 9.07. The van der Waals surface area contributed by atoms with Crippen molar-refractivity contribution < 1.29 is 9.36 Å². The minimum Gasteiger partial charge on any atom is -0.261 e. The third kappa shape index (κ3) is 2.24. The van der Waals surface area contributed by atoms with Crippen molar-refractivity contribution in [2.24, 2.45) is 4.76 Å². The molecule has 0 aromatic rings. The van der Waals surface area contributed by atoms with Gasteiger partial charge < -0.3 is 0 Å². The molecule has 64 valence electrons. The second-order valence-corrected chi connectivity index (χ2v) is 5.23. The molecule has 0 radical (unpaired) electrons. The average Bonchev–Trinajstić information content (AvgIpc) is 1.87. The van der Waals surface area contributed by atoms with Crippen LogP contribution in [0.4, 0.5) is 0 Å². The minimum absolute atomic E-state index is 1.30. The van der Waals surface area contributed by atoms with Crippen molar-refractivity contribution in [3.05, 3.63) is 0 Å². The third-order valence-electron chi connectivity index (χ3n) is 1.21. The van der Waals surface area contributed by atoms with E-state index >= 15 is 0 Å². The molecule has 11 heavy (non-hydrogen) atoms. The first-order chi connectivity index (χ1) is 4.95. The lowest BCUT2D eigenvalue weighted by atomic mass is 11.3. The molecule has 0 bridgehead atoms. The van der Waals surface area contributed by atoms with Gasteiger partial charge in [-0.3, -0.25) is 4.57 Å². The first kappa shape index (κ1) is 10.5. The number of isocyanates is 1. The lowest BCUT2D eigenvalue weighted by Gasteiger charge is -2.24. The Labute approximate surface area is 66.2 Å². The van der Waals surface area contributed by atoms with Crippen LogP contribution in [0.2, 0.25) is 0 Å². The molecule has 5 nitrogen and oxygen atoms in total. The average molecular weight is 177 g/mol. The normalized spacial score (nSPS) is 11.8. The number of hydrogen-bond acceptors (Lipinski definition) is 2. The third-order valence-corrected chi connectivity index (χ3v) is 3.64. The highest BCUT2D eigenvalue weighted by Crippen LogP contribution is 2.50. The maximum atomic E-state index is 11.6. The van der Waals surface area contributed by atoms with Crippen LogP contribution >= 0.6 is 7.59 Å². The number of rotatable bonds is 3. The molecule has 0 atom stereocenters. The summed E-state index contributed by atoms with van der Waals surface area (Å²) < 4.78 is 17.7. The van der Waals surface area contributed by atoms with E-state index in [1.807, 2.05) is 0 Å². The first-order valence-corrected chi connectivity index (χ1v) is 4.56. The summed E-state index contributed by atoms with van der Waals surface area (Å²) in [6, 6.07) is 0. The zero-order valence-electron chi connectivity index (χ0n) is 7.11. The van der Waals surface area contributed by atoms with Crippen molar-refractivity contribution >= 4 is 13.7 Å². The van der Waals surface area contributed by atoms with Crippen LogP contribution in [0.25, 0.3) is 0 Å². The van der Waals surface area contributed by atoms with Gasteiger partial charge in [0.05, 0.1) is 0 Å². The summed E-state index contributed by atoms with van der Waals surface area (Å²) in [6.45, 7) is 0. The van der Waals surface area contributed by atoms with Gasteiger partial charge >= 0.3 is 7.59 Å². The van der Waals surface area contributed by atoms with E-state index < -0.39 is 7.59 Å². The Morgan fingerprint density at radius 1 is 1.18 bits per heavy atom. The predicted octanol–water partition coefficient (Wildman–Crippen LogP) is 0.553. The van der Waals surface area contributed by atoms with Gasteiger partial charge in [0.1, 0.15) is 0 Å². The Morgan fingerprint density at radius 3 is 1.64 bits per heavy atom. The predicted molar refractivity (Wildman–Crippen MR) is 43.1 cm³/mol. The molecule has 0 rings (SSSR count). The van der Waals surface area contributed by atoms with Crippen LogP contribution in [-0.2, 0) is 9.36 Å². The molecule has 0 spiro atoms. The molecule has 0 aromatic carbocycles. The molecular formula is C5H12N3O2P. The van der Waals surface area contributed by atoms with Crippen LogP contribution < -0.4 is 0 Å². The van der Waals surface area contributed by atoms with E-state index in [9.17, 15) is 9.36 Å². The molecule has 0 aliphatic rings. The molecule has 6 heteroatoms. The topological polar surface area (TPSA) is 53.0 Å². The first-order valence-electron chi connectivity index (χ1n) is 3.00. The van der Waals surface area contributed by atoms with Crippen molar-refractivity contribution in [2.45, 2.75) is 0 Å². The number of nitrogens with zero attached hydrogens (tertiary/aromatic N) is 3. The van der Waals surface area contributed by atoms with Gasteiger partial charge in [0, 0.05) is 0 Å². The highest BCUT2D eigenvalue weighted by atomic mass is 31.2. The lowest BCUT2D eigenvalue weighted by molar-refractivity contribution is 0.448. The van der Waals surface area contributed by atoms with Crippen molar-refractivity contribution in [2.75, 3.05) is 28.2 Å². The standard InChI is InChI=1S/C5H12N3O2P/c1-7(2)11(10,6-5-9)8(3)4/h1-4H3. The largest absolute Gasteiger partial charge is 0.338 e. The fourth-order valence-corrected chi connectivity index (χ4v) is 1.77. The molecule has 0 fully saturated rings. The molecule has 0 aromatic heterocycles. The molecule has 0 amide bonds. The van der Waals surface area contributed by atoms with Gasteiger partial charge in [-0.2, -0.15) is 0 Å². The van der Waals surface area contributed by atoms with Crippen molar-refractivity contribution in [3.8, 4) is 0 Å². The molecule has 0 unspecified atom stereocenters. The zero-order valence-corrected chi connectivity index (χ0v) is 8.00. The Morgan fingerprint density at radius 2 is 1.55 bits per heavy atom. The summed E-state index contributed by atoms with van der Waals surface area (Å²) in [5.41, 5.74) is 0. The second-order valence-electron chi connectivity index (χ2n) is 2.40. The van der Waals surface area contributed by atoms with E-state index in [1.165, 1.54) is 15.4 Å². The summed E-state index contributed by atoms with van der Waals surface area (Å²) in [7, 11) is 3.40. The van der Waals surface area contributed by atoms with E-state index in [4.69, 9.17) is 0 Å². The molecule has 0 aliphatic carbocycles. The smallest absolute Gasteiger partial charge is 0.261 e. The maximum Gasteiger partial charge on any atom is 0.338 e. The monoisotopic (exact) mass is 177 g/mol. The number of hydrogen-bond donors (Lipinski definition) is 0. The van der Waals surface area contributed by atoms with Crippen molar-refractivity contribution in [3.63, 3.8) is 0 Å². The van der Waals surface area contributed by atoms with E-state index in [0.717, 1.165) is 0 Å². The maximum absolute atomic E-state index is 11.6. The van der Waals surface area contributed by atoms with Gasteiger partial charge in [-0.1, -0.05) is 0 Å². The quantitative estimate of drug-likeness (QED) is 0.359. The summed E-state index contributed by atoms with van der Waals surface area (Å²) in [4.78, 5) is 9.91. The summed E-state index contributed by atoms with van der Waals surface area (Å²) in [5, 5.41) is 0. The lowest BCUT2D eigenvalue weighted by Crippen LogP contribution is -2.19. The molecule has 0 aliphatic heterocycles. The molecule has 0 N–H and O–H groups in total. The Hall–Kier alpha value is -0.470. The number of carbonyl (C=O) groups excluding carboxylic acids is 1. The highest BCUT2D eigenvalue weighted by molar-refractivity contribution is 7.57. The van der Waals surface area contributed by atoms with Gasteiger partial charge in [-0.05, 0) is 28.2 Å². The Kier molecular flexibility index (Phi) is 3.63. The van der Waals surface area contributed by atoms with E-state index in [1.54, 1.807) is 28.2 Å².